The second-order valence-corrected chi connectivity index (χ2v) is 16.3. The molecular formula is C54H48N4. The van der Waals surface area contributed by atoms with Crippen molar-refractivity contribution in [1.29, 1.82) is 0 Å². The summed E-state index contributed by atoms with van der Waals surface area (Å²) in [7, 11) is 0. The Morgan fingerprint density at radius 1 is 0.690 bits per heavy atom. The highest BCUT2D eigenvalue weighted by molar-refractivity contribution is 6.10. The molecule has 0 radical (unpaired) electrons. The Balaban J connectivity index is 1.11. The molecule has 0 fully saturated rings. The zero-order valence-electron chi connectivity index (χ0n) is 33.3. The van der Waals surface area contributed by atoms with Gasteiger partial charge in [0.2, 0.25) is 0 Å². The molecule has 1 aromatic heterocycles. The first-order chi connectivity index (χ1) is 28.5. The number of hydrogen-bond acceptors (Lipinski definition) is 2. The van der Waals surface area contributed by atoms with E-state index in [-0.39, 0.29) is 11.5 Å². The summed E-state index contributed by atoms with van der Waals surface area (Å²) in [5.41, 5.74) is 23.4. The van der Waals surface area contributed by atoms with Gasteiger partial charge in [-0.3, -0.25) is 4.99 Å². The molecular weight excluding hydrogens is 705 g/mol. The molecule has 3 N–H and O–H groups in total. The van der Waals surface area contributed by atoms with Crippen molar-refractivity contribution in [2.24, 2.45) is 10.7 Å². The molecule has 7 aromatic rings. The maximum atomic E-state index is 6.10. The SMILES string of the molecule is CC1(C)c2ccccc2-c2ccc(-c3ccccc3-c3ccc4c5ccccc5n(-c5cccc(C(N=C(NCN)C6=CCCC=C6)C6=CC=CCC6)c5)c4c3)cc21. The Hall–Kier alpha value is -6.49. The van der Waals surface area contributed by atoms with Crippen LogP contribution in [0.3, 0.4) is 0 Å². The number of fused-ring (bicyclic) bond motifs is 6. The van der Waals surface area contributed by atoms with E-state index in [4.69, 9.17) is 10.7 Å². The van der Waals surface area contributed by atoms with E-state index in [9.17, 15) is 0 Å². The molecule has 0 bridgehead atoms. The molecule has 1 atom stereocenters. The smallest absolute Gasteiger partial charge is 0.129 e. The molecule has 4 nitrogen and oxygen atoms in total. The first-order valence-corrected chi connectivity index (χ1v) is 20.7. The Labute approximate surface area is 341 Å². The molecule has 1 unspecified atom stereocenters. The summed E-state index contributed by atoms with van der Waals surface area (Å²) in [6, 6.07) is 49.5. The van der Waals surface area contributed by atoms with Crippen LogP contribution in [0.15, 0.2) is 186 Å². The van der Waals surface area contributed by atoms with Crippen molar-refractivity contribution in [3.05, 3.63) is 198 Å². The van der Waals surface area contributed by atoms with Crippen LogP contribution < -0.4 is 11.1 Å². The molecule has 0 saturated heterocycles. The average Bonchev–Trinajstić information content (AvgIpc) is 3.73. The maximum Gasteiger partial charge on any atom is 0.129 e. The van der Waals surface area contributed by atoms with E-state index < -0.39 is 0 Å². The monoisotopic (exact) mass is 752 g/mol. The van der Waals surface area contributed by atoms with Gasteiger partial charge in [-0.2, -0.15) is 0 Å². The third kappa shape index (κ3) is 6.16. The number of aromatic nitrogens is 1. The van der Waals surface area contributed by atoms with Gasteiger partial charge >= 0.3 is 0 Å². The molecule has 6 aromatic carbocycles. The van der Waals surface area contributed by atoms with Gasteiger partial charge in [0.1, 0.15) is 5.84 Å². The quantitative estimate of drug-likeness (QED) is 0.0923. The molecule has 0 saturated carbocycles. The molecule has 3 aliphatic carbocycles. The molecule has 3 aliphatic rings. The predicted molar refractivity (Wildman–Crippen MR) is 244 cm³/mol. The number of nitrogens with two attached hydrogens (primary N) is 1. The van der Waals surface area contributed by atoms with Gasteiger partial charge in [-0.25, -0.2) is 0 Å². The lowest BCUT2D eigenvalue weighted by Crippen LogP contribution is -2.31. The molecule has 0 amide bonds. The number of aliphatic imine (C=N–C) groups is 1. The van der Waals surface area contributed by atoms with Crippen molar-refractivity contribution in [3.63, 3.8) is 0 Å². The van der Waals surface area contributed by atoms with E-state index in [0.717, 1.165) is 48.3 Å². The highest BCUT2D eigenvalue weighted by Crippen LogP contribution is 2.50. The number of para-hydroxylation sites is 1. The summed E-state index contributed by atoms with van der Waals surface area (Å²) >= 11 is 0. The fraction of sp³-hybridized carbons (Fsp3) is 0.167. The summed E-state index contributed by atoms with van der Waals surface area (Å²) in [4.78, 5) is 5.46. The average molecular weight is 753 g/mol. The fourth-order valence-corrected chi connectivity index (χ4v) is 9.57. The van der Waals surface area contributed by atoms with E-state index >= 15 is 0 Å². The van der Waals surface area contributed by atoms with Crippen molar-refractivity contribution in [3.8, 4) is 39.1 Å². The predicted octanol–water partition coefficient (Wildman–Crippen LogP) is 12.9. The summed E-state index contributed by atoms with van der Waals surface area (Å²) in [5, 5.41) is 5.87. The molecule has 284 valence electrons. The number of allylic oxidation sites excluding steroid dienone is 5. The van der Waals surface area contributed by atoms with Gasteiger partial charge in [0, 0.05) is 27.4 Å². The van der Waals surface area contributed by atoms with Gasteiger partial charge in [0.25, 0.3) is 0 Å². The fourth-order valence-electron chi connectivity index (χ4n) is 9.57. The minimum atomic E-state index is -0.157. The Bertz CT molecular complexity index is 2890. The zero-order chi connectivity index (χ0) is 39.2. The lowest BCUT2D eigenvalue weighted by Gasteiger charge is -2.22. The first kappa shape index (κ1) is 35.9. The van der Waals surface area contributed by atoms with Crippen molar-refractivity contribution in [2.75, 3.05) is 6.67 Å². The first-order valence-electron chi connectivity index (χ1n) is 20.7. The van der Waals surface area contributed by atoms with Gasteiger partial charge in [-0.15, -0.1) is 0 Å². The zero-order valence-corrected chi connectivity index (χ0v) is 33.3. The van der Waals surface area contributed by atoms with E-state index in [1.807, 2.05) is 0 Å². The van der Waals surface area contributed by atoms with Crippen LogP contribution in [0.2, 0.25) is 0 Å². The molecule has 58 heavy (non-hydrogen) atoms. The summed E-state index contributed by atoms with van der Waals surface area (Å²) < 4.78 is 2.44. The third-order valence-corrected chi connectivity index (χ3v) is 12.4. The molecule has 10 rings (SSSR count). The lowest BCUT2D eigenvalue weighted by molar-refractivity contribution is 0.660. The maximum absolute atomic E-state index is 6.10. The molecule has 0 spiro atoms. The second-order valence-electron chi connectivity index (χ2n) is 16.3. The van der Waals surface area contributed by atoms with Crippen molar-refractivity contribution in [2.45, 2.75) is 51.0 Å². The van der Waals surface area contributed by atoms with Crippen molar-refractivity contribution >= 4 is 27.6 Å². The van der Waals surface area contributed by atoms with Crippen molar-refractivity contribution < 1.29 is 0 Å². The van der Waals surface area contributed by atoms with Gasteiger partial charge in [-0.05, 0) is 112 Å². The Morgan fingerprint density at radius 3 is 2.22 bits per heavy atom. The molecule has 4 heteroatoms. The molecule has 1 heterocycles. The van der Waals surface area contributed by atoms with Gasteiger partial charge in [-0.1, -0.05) is 153 Å². The van der Waals surface area contributed by atoms with Crippen LogP contribution in [-0.2, 0) is 5.41 Å². The summed E-state index contributed by atoms with van der Waals surface area (Å²) in [6.07, 6.45) is 17.4. The molecule has 0 aliphatic heterocycles. The number of hydrogen-bond donors (Lipinski definition) is 2. The van der Waals surface area contributed by atoms with E-state index in [2.05, 4.69) is 194 Å². The standard InChI is InChI=1S/C54H48N4/c1-54(2)48-26-13-11-24-44(48)45-30-28-38(33-49(45)54)42-22-9-10-23-43(42)39-29-31-47-46-25-12-14-27-50(46)58(51(47)34-39)41-21-15-20-40(32-41)52(36-16-5-3-6-17-36)57-53(56-35-55)37-18-7-4-8-19-37/h3,5,7,9-16,18-34,52H,4,6,8,17,35,55H2,1-2H3,(H,56,57). The van der Waals surface area contributed by atoms with Crippen molar-refractivity contribution in [1.82, 2.24) is 9.88 Å². The normalized spacial score (nSPS) is 16.2. The van der Waals surface area contributed by atoms with E-state index in [1.54, 1.807) is 0 Å². The number of amidine groups is 1. The van der Waals surface area contributed by atoms with Crippen LogP contribution in [0.4, 0.5) is 0 Å². The third-order valence-electron chi connectivity index (χ3n) is 12.4. The van der Waals surface area contributed by atoms with Gasteiger partial charge < -0.3 is 15.6 Å². The van der Waals surface area contributed by atoms with Crippen LogP contribution in [0.5, 0.6) is 0 Å². The highest BCUT2D eigenvalue weighted by Gasteiger charge is 2.35. The number of nitrogens with one attached hydrogen (secondary N) is 1. The van der Waals surface area contributed by atoms with E-state index in [1.165, 1.54) is 71.9 Å². The Morgan fingerprint density at radius 2 is 1.43 bits per heavy atom. The second kappa shape index (κ2) is 14.8. The van der Waals surface area contributed by atoms with Crippen LogP contribution in [0.1, 0.15) is 62.3 Å². The van der Waals surface area contributed by atoms with E-state index in [0.29, 0.717) is 6.67 Å². The van der Waals surface area contributed by atoms with Crippen LogP contribution in [-0.4, -0.2) is 17.1 Å². The van der Waals surface area contributed by atoms with Crippen LogP contribution in [0, 0.1) is 0 Å². The number of rotatable bonds is 8. The van der Waals surface area contributed by atoms with Crippen LogP contribution in [0.25, 0.3) is 60.9 Å². The Kier molecular flexibility index (Phi) is 9.15. The summed E-state index contributed by atoms with van der Waals surface area (Å²) in [5.74, 6) is 0.848. The largest absolute Gasteiger partial charge is 0.358 e. The number of benzene rings is 6. The van der Waals surface area contributed by atoms with Gasteiger partial charge in [0.05, 0.1) is 23.7 Å². The topological polar surface area (TPSA) is 55.3 Å². The highest BCUT2D eigenvalue weighted by atomic mass is 15.1. The van der Waals surface area contributed by atoms with Gasteiger partial charge in [0.15, 0.2) is 0 Å². The number of nitrogens with zero attached hydrogens (tertiary/aromatic N) is 2. The minimum Gasteiger partial charge on any atom is -0.358 e. The minimum absolute atomic E-state index is 0.0630. The lowest BCUT2D eigenvalue weighted by atomic mass is 9.81. The summed E-state index contributed by atoms with van der Waals surface area (Å²) in [6.45, 7) is 5.03. The van der Waals surface area contributed by atoms with Crippen LogP contribution >= 0.6 is 0 Å².